The van der Waals surface area contributed by atoms with Gasteiger partial charge in [-0.15, -0.1) is 6.42 Å². The fourth-order valence-corrected chi connectivity index (χ4v) is 2.31. The molecule has 0 N–H and O–H groups in total. The summed E-state index contributed by atoms with van der Waals surface area (Å²) in [5.41, 5.74) is 0.760. The van der Waals surface area contributed by atoms with Crippen molar-refractivity contribution < 1.29 is 0 Å². The predicted molar refractivity (Wildman–Crippen MR) is 56.2 cm³/mol. The monoisotopic (exact) mass is 210 g/mol. The maximum absolute atomic E-state index is 6.05. The largest absolute Gasteiger partial charge is 0.119 e. The molecule has 0 saturated heterocycles. The molecule has 0 unspecified atom stereocenters. The summed E-state index contributed by atoms with van der Waals surface area (Å²) in [4.78, 5) is 0. The molecule has 0 aromatic heterocycles. The van der Waals surface area contributed by atoms with Gasteiger partial charge in [-0.1, -0.05) is 35.2 Å². The van der Waals surface area contributed by atoms with Crippen LogP contribution in [0, 0.1) is 12.3 Å². The van der Waals surface area contributed by atoms with Gasteiger partial charge in [0, 0.05) is 15.6 Å². The Balaban J connectivity index is 2.58. The maximum Gasteiger partial charge on any atom is 0.0590 e. The third-order valence-corrected chi connectivity index (χ3v) is 3.10. The third-order valence-electron chi connectivity index (χ3n) is 2.47. The summed E-state index contributed by atoms with van der Waals surface area (Å²) in [6.07, 6.45) is 7.46. The van der Waals surface area contributed by atoms with E-state index in [1.807, 2.05) is 18.2 Å². The highest BCUT2D eigenvalue weighted by atomic mass is 35.5. The molecular weight excluding hydrogens is 203 g/mol. The van der Waals surface area contributed by atoms with E-state index in [4.69, 9.17) is 29.6 Å². The van der Waals surface area contributed by atoms with Crippen LogP contribution in [-0.2, 0) is 5.41 Å². The Morgan fingerprint density at radius 2 is 1.77 bits per heavy atom. The Labute approximate surface area is 87.9 Å². The predicted octanol–water partition coefficient (Wildman–Crippen LogP) is 3.66. The van der Waals surface area contributed by atoms with Gasteiger partial charge in [0.05, 0.1) is 5.41 Å². The molecule has 13 heavy (non-hydrogen) atoms. The van der Waals surface area contributed by atoms with Crippen LogP contribution in [0.25, 0.3) is 0 Å². The van der Waals surface area contributed by atoms with Gasteiger partial charge in [0.15, 0.2) is 0 Å². The first-order valence-electron chi connectivity index (χ1n) is 4.12. The van der Waals surface area contributed by atoms with E-state index in [-0.39, 0.29) is 5.41 Å². The molecule has 0 nitrogen and oxygen atoms in total. The van der Waals surface area contributed by atoms with Crippen LogP contribution < -0.4 is 0 Å². The molecule has 2 rings (SSSR count). The average Bonchev–Trinajstić information content (AvgIpc) is 2.85. The van der Waals surface area contributed by atoms with Crippen molar-refractivity contribution in [1.29, 1.82) is 0 Å². The van der Waals surface area contributed by atoms with Crippen molar-refractivity contribution in [3.63, 3.8) is 0 Å². The molecule has 0 radical (unpaired) electrons. The van der Waals surface area contributed by atoms with Crippen LogP contribution in [0.4, 0.5) is 0 Å². The molecule has 1 aromatic rings. The first-order chi connectivity index (χ1) is 6.19. The molecule has 2 heteroatoms. The van der Waals surface area contributed by atoms with E-state index < -0.39 is 0 Å². The highest BCUT2D eigenvalue weighted by Crippen LogP contribution is 2.52. The molecule has 66 valence electrons. The first kappa shape index (κ1) is 8.94. The number of halogens is 2. The molecule has 0 amide bonds. The van der Waals surface area contributed by atoms with Crippen LogP contribution in [0.15, 0.2) is 18.2 Å². The van der Waals surface area contributed by atoms with Crippen LogP contribution in [0.5, 0.6) is 0 Å². The SMILES string of the molecule is C#CC1(c2c(Cl)cccc2Cl)CC1. The van der Waals surface area contributed by atoms with Gasteiger partial charge >= 0.3 is 0 Å². The minimum absolute atomic E-state index is 0.171. The number of hydrogen-bond acceptors (Lipinski definition) is 0. The number of rotatable bonds is 1. The van der Waals surface area contributed by atoms with Crippen molar-refractivity contribution in [2.75, 3.05) is 0 Å². The minimum atomic E-state index is -0.171. The minimum Gasteiger partial charge on any atom is -0.119 e. The standard InChI is InChI=1S/C11H8Cl2/c1-2-11(6-7-11)10-8(12)4-3-5-9(10)13/h1,3-5H,6-7H2. The topological polar surface area (TPSA) is 0 Å². The summed E-state index contributed by atoms with van der Waals surface area (Å²) in [5, 5.41) is 1.37. The molecule has 0 spiro atoms. The molecule has 1 aliphatic rings. The Morgan fingerprint density at radius 1 is 1.23 bits per heavy atom. The molecule has 0 heterocycles. The third kappa shape index (κ3) is 1.33. The Hall–Kier alpha value is -0.640. The fourth-order valence-electron chi connectivity index (χ4n) is 1.55. The van der Waals surface area contributed by atoms with Gasteiger partial charge in [-0.2, -0.15) is 0 Å². The molecule has 0 aliphatic heterocycles. The van der Waals surface area contributed by atoms with E-state index >= 15 is 0 Å². The van der Waals surface area contributed by atoms with E-state index in [2.05, 4.69) is 5.92 Å². The smallest absolute Gasteiger partial charge is 0.0590 e. The second-order valence-electron chi connectivity index (χ2n) is 3.32. The average molecular weight is 211 g/mol. The summed E-state index contributed by atoms with van der Waals surface area (Å²) in [6.45, 7) is 0. The molecule has 1 aromatic carbocycles. The number of hydrogen-bond donors (Lipinski definition) is 0. The van der Waals surface area contributed by atoms with Crippen molar-refractivity contribution >= 4 is 23.2 Å². The van der Waals surface area contributed by atoms with Crippen molar-refractivity contribution in [1.82, 2.24) is 0 Å². The fraction of sp³-hybridized carbons (Fsp3) is 0.273. The zero-order valence-electron chi connectivity index (χ0n) is 6.98. The second kappa shape index (κ2) is 2.94. The van der Waals surface area contributed by atoms with Gasteiger partial charge in [-0.05, 0) is 25.0 Å². The van der Waals surface area contributed by atoms with Crippen molar-refractivity contribution in [2.45, 2.75) is 18.3 Å². The van der Waals surface area contributed by atoms with Crippen LogP contribution in [0.1, 0.15) is 18.4 Å². The Kier molecular flexibility index (Phi) is 2.02. The zero-order chi connectivity index (χ0) is 9.47. The Morgan fingerprint density at radius 3 is 2.15 bits per heavy atom. The van der Waals surface area contributed by atoms with Gasteiger partial charge in [0.2, 0.25) is 0 Å². The van der Waals surface area contributed by atoms with Crippen molar-refractivity contribution in [3.8, 4) is 12.3 Å². The molecule has 1 saturated carbocycles. The normalized spacial score (nSPS) is 17.9. The van der Waals surface area contributed by atoms with Gasteiger partial charge < -0.3 is 0 Å². The van der Waals surface area contributed by atoms with E-state index in [0.29, 0.717) is 10.0 Å². The molecule has 1 aliphatic carbocycles. The Bertz CT molecular complexity index is 363. The highest BCUT2D eigenvalue weighted by molar-refractivity contribution is 6.36. The summed E-state index contributed by atoms with van der Waals surface area (Å²) in [6, 6.07) is 5.50. The quantitative estimate of drug-likeness (QED) is 0.622. The molecule has 0 atom stereocenters. The van der Waals surface area contributed by atoms with Crippen LogP contribution in [0.2, 0.25) is 10.0 Å². The van der Waals surface area contributed by atoms with Gasteiger partial charge in [-0.3, -0.25) is 0 Å². The summed E-state index contributed by atoms with van der Waals surface area (Å²) in [7, 11) is 0. The lowest BCUT2D eigenvalue weighted by molar-refractivity contribution is 0.931. The van der Waals surface area contributed by atoms with E-state index in [9.17, 15) is 0 Å². The van der Waals surface area contributed by atoms with Crippen molar-refractivity contribution in [3.05, 3.63) is 33.8 Å². The van der Waals surface area contributed by atoms with E-state index in [1.54, 1.807) is 0 Å². The lowest BCUT2D eigenvalue weighted by Gasteiger charge is -2.11. The van der Waals surface area contributed by atoms with Crippen LogP contribution >= 0.6 is 23.2 Å². The number of benzene rings is 1. The van der Waals surface area contributed by atoms with E-state index in [0.717, 1.165) is 18.4 Å². The van der Waals surface area contributed by atoms with Crippen LogP contribution in [0.3, 0.4) is 0 Å². The molecule has 0 bridgehead atoms. The second-order valence-corrected chi connectivity index (χ2v) is 4.14. The summed E-state index contributed by atoms with van der Waals surface area (Å²) < 4.78 is 0. The summed E-state index contributed by atoms with van der Waals surface area (Å²) >= 11 is 12.1. The van der Waals surface area contributed by atoms with E-state index in [1.165, 1.54) is 0 Å². The van der Waals surface area contributed by atoms with Gasteiger partial charge in [0.25, 0.3) is 0 Å². The van der Waals surface area contributed by atoms with Crippen molar-refractivity contribution in [2.24, 2.45) is 0 Å². The number of terminal acetylenes is 1. The lowest BCUT2D eigenvalue weighted by atomic mass is 9.97. The van der Waals surface area contributed by atoms with Gasteiger partial charge in [0.1, 0.15) is 0 Å². The van der Waals surface area contributed by atoms with Crippen LogP contribution in [-0.4, -0.2) is 0 Å². The maximum atomic E-state index is 6.05. The lowest BCUT2D eigenvalue weighted by Crippen LogP contribution is -2.04. The molecule has 1 fully saturated rings. The zero-order valence-corrected chi connectivity index (χ0v) is 8.49. The highest BCUT2D eigenvalue weighted by Gasteiger charge is 2.45. The molecular formula is C11H8Cl2. The van der Waals surface area contributed by atoms with Gasteiger partial charge in [-0.25, -0.2) is 0 Å². The first-order valence-corrected chi connectivity index (χ1v) is 4.87. The summed E-state index contributed by atoms with van der Waals surface area (Å²) in [5.74, 6) is 2.78.